The molecule has 4 nitrogen and oxygen atoms in total. The van der Waals surface area contributed by atoms with Crippen LogP contribution in [0, 0.1) is 0 Å². The normalized spacial score (nSPS) is 10.3. The molecule has 1 aromatic heterocycles. The molecule has 0 aliphatic carbocycles. The number of thiazole rings is 1. The molecule has 1 aromatic carbocycles. The third kappa shape index (κ3) is 3.65. The van der Waals surface area contributed by atoms with Gasteiger partial charge in [-0.25, -0.2) is 4.98 Å². The summed E-state index contributed by atoms with van der Waals surface area (Å²) < 4.78 is 0. The number of hydrogen-bond donors (Lipinski definition) is 2. The molecule has 0 aliphatic heterocycles. The van der Waals surface area contributed by atoms with E-state index < -0.39 is 0 Å². The summed E-state index contributed by atoms with van der Waals surface area (Å²) >= 11 is 1.39. The molecule has 0 saturated heterocycles. The lowest BCUT2D eigenvalue weighted by molar-refractivity contribution is -0.120. The molecule has 0 aliphatic rings. The number of amides is 1. The van der Waals surface area contributed by atoms with Crippen molar-refractivity contribution in [3.63, 3.8) is 0 Å². The first kappa shape index (κ1) is 12.7. The van der Waals surface area contributed by atoms with Gasteiger partial charge < -0.3 is 10.4 Å². The Morgan fingerprint density at radius 1 is 1.33 bits per heavy atom. The average molecular weight is 262 g/mol. The maximum atomic E-state index is 11.7. The van der Waals surface area contributed by atoms with Crippen LogP contribution in [-0.2, 0) is 24.4 Å². The summed E-state index contributed by atoms with van der Waals surface area (Å²) in [4.78, 5) is 15.8. The fourth-order valence-corrected chi connectivity index (χ4v) is 2.28. The molecule has 2 N–H and O–H groups in total. The fourth-order valence-electron chi connectivity index (χ4n) is 1.50. The van der Waals surface area contributed by atoms with Crippen LogP contribution < -0.4 is 5.32 Å². The smallest absolute Gasteiger partial charge is 0.227 e. The van der Waals surface area contributed by atoms with E-state index in [2.05, 4.69) is 10.3 Å². The molecular formula is C13H14N2O2S. The molecule has 5 heteroatoms. The third-order valence-electron chi connectivity index (χ3n) is 2.41. The van der Waals surface area contributed by atoms with Gasteiger partial charge in [-0.2, -0.15) is 0 Å². The van der Waals surface area contributed by atoms with E-state index in [0.717, 1.165) is 10.6 Å². The Morgan fingerprint density at radius 3 is 2.78 bits per heavy atom. The van der Waals surface area contributed by atoms with Crippen LogP contribution in [0.15, 0.2) is 35.7 Å². The molecule has 0 unspecified atom stereocenters. The highest BCUT2D eigenvalue weighted by molar-refractivity contribution is 7.09. The van der Waals surface area contributed by atoms with Crippen molar-refractivity contribution >= 4 is 17.2 Å². The van der Waals surface area contributed by atoms with Crippen LogP contribution in [0.4, 0.5) is 0 Å². The van der Waals surface area contributed by atoms with Crippen LogP contribution in [-0.4, -0.2) is 16.0 Å². The van der Waals surface area contributed by atoms with Crippen molar-refractivity contribution in [3.05, 3.63) is 52.0 Å². The second-order valence-electron chi connectivity index (χ2n) is 3.83. The molecule has 18 heavy (non-hydrogen) atoms. The summed E-state index contributed by atoms with van der Waals surface area (Å²) in [6.07, 6.45) is 0.261. The third-order valence-corrected chi connectivity index (χ3v) is 3.30. The first-order valence-electron chi connectivity index (χ1n) is 5.62. The van der Waals surface area contributed by atoms with Crippen LogP contribution >= 0.6 is 11.3 Å². The molecule has 0 spiro atoms. The molecule has 0 bridgehead atoms. The lowest BCUT2D eigenvalue weighted by Gasteiger charge is -2.03. The van der Waals surface area contributed by atoms with E-state index >= 15 is 0 Å². The molecule has 2 rings (SSSR count). The lowest BCUT2D eigenvalue weighted by atomic mass is 10.2. The molecule has 94 valence electrons. The van der Waals surface area contributed by atoms with Crippen molar-refractivity contribution in [1.29, 1.82) is 0 Å². The number of nitrogens with one attached hydrogen (secondary N) is 1. The number of aliphatic hydroxyl groups excluding tert-OH is 1. The van der Waals surface area contributed by atoms with Gasteiger partial charge in [0, 0.05) is 11.9 Å². The molecule has 0 radical (unpaired) electrons. The van der Waals surface area contributed by atoms with Gasteiger partial charge in [0.05, 0.1) is 18.7 Å². The number of rotatable bonds is 5. The number of carbonyl (C=O) groups is 1. The van der Waals surface area contributed by atoms with Crippen molar-refractivity contribution in [2.45, 2.75) is 19.6 Å². The predicted octanol–water partition coefficient (Wildman–Crippen LogP) is 1.49. The van der Waals surface area contributed by atoms with Gasteiger partial charge in [-0.05, 0) is 5.56 Å². The zero-order valence-corrected chi connectivity index (χ0v) is 10.6. The lowest BCUT2D eigenvalue weighted by Crippen LogP contribution is -2.24. The van der Waals surface area contributed by atoms with Gasteiger partial charge in [0.15, 0.2) is 0 Å². The van der Waals surface area contributed by atoms with Crippen LogP contribution in [0.5, 0.6) is 0 Å². The van der Waals surface area contributed by atoms with Crippen LogP contribution in [0.2, 0.25) is 0 Å². The Kier molecular flexibility index (Phi) is 4.44. The summed E-state index contributed by atoms with van der Waals surface area (Å²) in [5.74, 6) is -0.0577. The van der Waals surface area contributed by atoms with E-state index in [1.165, 1.54) is 11.3 Å². The SMILES string of the molecule is O=C(Cc1nc(CO)cs1)NCc1ccccc1. The zero-order chi connectivity index (χ0) is 12.8. The maximum Gasteiger partial charge on any atom is 0.227 e. The van der Waals surface area contributed by atoms with E-state index in [9.17, 15) is 4.79 Å². The van der Waals surface area contributed by atoms with Crippen molar-refractivity contribution in [3.8, 4) is 0 Å². The van der Waals surface area contributed by atoms with Gasteiger partial charge in [0.25, 0.3) is 0 Å². The van der Waals surface area contributed by atoms with Gasteiger partial charge >= 0.3 is 0 Å². The van der Waals surface area contributed by atoms with Gasteiger partial charge in [0.2, 0.25) is 5.91 Å². The van der Waals surface area contributed by atoms with Gasteiger partial charge in [-0.15, -0.1) is 11.3 Å². The van der Waals surface area contributed by atoms with Crippen molar-refractivity contribution in [2.24, 2.45) is 0 Å². The molecule has 0 fully saturated rings. The number of aromatic nitrogens is 1. The van der Waals surface area contributed by atoms with Crippen LogP contribution in [0.1, 0.15) is 16.3 Å². The van der Waals surface area contributed by atoms with Crippen molar-refractivity contribution in [1.82, 2.24) is 10.3 Å². The Bertz CT molecular complexity index is 511. The van der Waals surface area contributed by atoms with Gasteiger partial charge in [-0.3, -0.25) is 4.79 Å². The highest BCUT2D eigenvalue weighted by atomic mass is 32.1. The second kappa shape index (κ2) is 6.28. The standard InChI is InChI=1S/C13H14N2O2S/c16-8-11-9-18-13(15-11)6-12(17)14-7-10-4-2-1-3-5-10/h1-5,9,16H,6-8H2,(H,14,17). The quantitative estimate of drug-likeness (QED) is 0.858. The van der Waals surface area contributed by atoms with E-state index in [1.54, 1.807) is 5.38 Å². The highest BCUT2D eigenvalue weighted by Crippen LogP contribution is 2.10. The molecule has 0 atom stereocenters. The Labute approximate surface area is 109 Å². The van der Waals surface area contributed by atoms with E-state index in [-0.39, 0.29) is 18.9 Å². The van der Waals surface area contributed by atoms with E-state index in [4.69, 9.17) is 5.11 Å². The fraction of sp³-hybridized carbons (Fsp3) is 0.231. The minimum atomic E-state index is -0.0812. The predicted molar refractivity (Wildman–Crippen MR) is 70.0 cm³/mol. The summed E-state index contributed by atoms with van der Waals surface area (Å²) in [6, 6.07) is 9.75. The molecule has 0 saturated carbocycles. The van der Waals surface area contributed by atoms with E-state index in [1.807, 2.05) is 30.3 Å². The van der Waals surface area contributed by atoms with Gasteiger partial charge in [-0.1, -0.05) is 30.3 Å². The minimum Gasteiger partial charge on any atom is -0.390 e. The van der Waals surface area contributed by atoms with E-state index in [0.29, 0.717) is 12.2 Å². The topological polar surface area (TPSA) is 62.2 Å². The monoisotopic (exact) mass is 262 g/mol. The number of aliphatic hydroxyl groups is 1. The largest absolute Gasteiger partial charge is 0.390 e. The van der Waals surface area contributed by atoms with Gasteiger partial charge in [0.1, 0.15) is 5.01 Å². The summed E-state index contributed by atoms with van der Waals surface area (Å²) in [6.45, 7) is 0.444. The summed E-state index contributed by atoms with van der Waals surface area (Å²) in [5, 5.41) is 14.2. The number of benzene rings is 1. The Hall–Kier alpha value is -1.72. The summed E-state index contributed by atoms with van der Waals surface area (Å²) in [5.41, 5.74) is 1.69. The first-order valence-corrected chi connectivity index (χ1v) is 6.50. The highest BCUT2D eigenvalue weighted by Gasteiger charge is 2.07. The molecular weight excluding hydrogens is 248 g/mol. The van der Waals surface area contributed by atoms with Crippen molar-refractivity contribution < 1.29 is 9.90 Å². The van der Waals surface area contributed by atoms with Crippen LogP contribution in [0.3, 0.4) is 0 Å². The second-order valence-corrected chi connectivity index (χ2v) is 4.77. The number of nitrogens with zero attached hydrogens (tertiary/aromatic N) is 1. The van der Waals surface area contributed by atoms with Crippen molar-refractivity contribution in [2.75, 3.05) is 0 Å². The Morgan fingerprint density at radius 2 is 2.11 bits per heavy atom. The summed E-state index contributed by atoms with van der Waals surface area (Å²) in [7, 11) is 0. The number of hydrogen-bond acceptors (Lipinski definition) is 4. The zero-order valence-electron chi connectivity index (χ0n) is 9.80. The number of carbonyl (C=O) groups excluding carboxylic acids is 1. The molecule has 1 amide bonds. The average Bonchev–Trinajstić information content (AvgIpc) is 2.85. The molecule has 2 aromatic rings. The molecule has 1 heterocycles. The maximum absolute atomic E-state index is 11.7. The van der Waals surface area contributed by atoms with Crippen LogP contribution in [0.25, 0.3) is 0 Å². The first-order chi connectivity index (χ1) is 8.78. The Balaban J connectivity index is 1.82. The minimum absolute atomic E-state index is 0.0577.